The van der Waals surface area contributed by atoms with Gasteiger partial charge in [-0.3, -0.25) is 4.79 Å². The lowest BCUT2D eigenvalue weighted by molar-refractivity contribution is 0.112. The number of aldehydes is 1. The van der Waals surface area contributed by atoms with Gasteiger partial charge in [0.2, 0.25) is 0 Å². The molecule has 104 valence electrons. The average molecular weight is 266 g/mol. The Bertz CT molecular complexity index is 664. The molecule has 0 aliphatic heterocycles. The van der Waals surface area contributed by atoms with E-state index >= 15 is 0 Å². The zero-order chi connectivity index (χ0) is 15.0. The van der Waals surface area contributed by atoms with Gasteiger partial charge in [-0.25, -0.2) is 0 Å². The fourth-order valence-corrected chi connectivity index (χ4v) is 2.89. The Morgan fingerprint density at radius 2 is 1.25 bits per heavy atom. The van der Waals surface area contributed by atoms with E-state index in [9.17, 15) is 4.79 Å². The summed E-state index contributed by atoms with van der Waals surface area (Å²) in [7, 11) is 0. The van der Waals surface area contributed by atoms with Gasteiger partial charge in [-0.05, 0) is 92.1 Å². The van der Waals surface area contributed by atoms with Crippen LogP contribution in [-0.2, 0) is 0 Å². The smallest absolute Gasteiger partial charge is 0.150 e. The van der Waals surface area contributed by atoms with E-state index in [0.29, 0.717) is 0 Å². The summed E-state index contributed by atoms with van der Waals surface area (Å²) in [6.07, 6.45) is 0.918. The number of benzene rings is 2. The summed E-state index contributed by atoms with van der Waals surface area (Å²) in [6.45, 7) is 13.0. The molecule has 0 aliphatic rings. The Kier molecular flexibility index (Phi) is 3.80. The lowest BCUT2D eigenvalue weighted by Crippen LogP contribution is -2.01. The predicted octanol–water partition coefficient (Wildman–Crippen LogP) is 5.02. The molecule has 2 aromatic rings. The van der Waals surface area contributed by atoms with Crippen molar-refractivity contribution in [1.82, 2.24) is 0 Å². The number of carbonyl (C=O) groups is 1. The molecule has 0 bridgehead atoms. The summed E-state index contributed by atoms with van der Waals surface area (Å²) in [4.78, 5) is 11.1. The minimum atomic E-state index is 0.736. The minimum Gasteiger partial charge on any atom is -0.298 e. The monoisotopic (exact) mass is 266 g/mol. The standard InChI is InChI=1S/C19H22O/c1-11-7-8-17(10-20)9-18(11)19-15(5)13(3)12(2)14(4)16(19)6/h7-10H,1-6H3. The summed E-state index contributed by atoms with van der Waals surface area (Å²) in [6, 6.07) is 5.92. The Morgan fingerprint density at radius 1 is 0.750 bits per heavy atom. The number of hydrogen-bond acceptors (Lipinski definition) is 1. The van der Waals surface area contributed by atoms with Crippen LogP contribution < -0.4 is 0 Å². The van der Waals surface area contributed by atoms with Gasteiger partial charge in [0, 0.05) is 5.56 Å². The third kappa shape index (κ3) is 2.18. The summed E-state index contributed by atoms with van der Waals surface area (Å²) in [5.41, 5.74) is 11.1. The normalized spacial score (nSPS) is 10.7. The Balaban J connectivity index is 2.86. The van der Waals surface area contributed by atoms with Gasteiger partial charge in [0.15, 0.2) is 0 Å². The fourth-order valence-electron chi connectivity index (χ4n) is 2.89. The summed E-state index contributed by atoms with van der Waals surface area (Å²) in [5.74, 6) is 0. The van der Waals surface area contributed by atoms with Crippen LogP contribution in [0.2, 0.25) is 0 Å². The first kappa shape index (κ1) is 14.5. The molecule has 0 spiro atoms. The highest BCUT2D eigenvalue weighted by atomic mass is 16.1. The van der Waals surface area contributed by atoms with Gasteiger partial charge >= 0.3 is 0 Å². The van der Waals surface area contributed by atoms with Crippen molar-refractivity contribution in [3.63, 3.8) is 0 Å². The summed E-state index contributed by atoms with van der Waals surface area (Å²) >= 11 is 0. The molecule has 0 heterocycles. The van der Waals surface area contributed by atoms with Crippen molar-refractivity contribution in [3.05, 3.63) is 57.1 Å². The van der Waals surface area contributed by atoms with Crippen molar-refractivity contribution in [2.45, 2.75) is 41.5 Å². The largest absolute Gasteiger partial charge is 0.298 e. The lowest BCUT2D eigenvalue weighted by Gasteiger charge is -2.20. The Labute approximate surface area is 121 Å². The second-order valence-corrected chi connectivity index (χ2v) is 5.69. The molecule has 2 rings (SSSR count). The number of carbonyl (C=O) groups excluding carboxylic acids is 1. The molecule has 1 heteroatoms. The molecule has 2 aromatic carbocycles. The molecule has 1 nitrogen and oxygen atoms in total. The van der Waals surface area contributed by atoms with Crippen molar-refractivity contribution < 1.29 is 4.79 Å². The van der Waals surface area contributed by atoms with Crippen LogP contribution in [0.5, 0.6) is 0 Å². The quantitative estimate of drug-likeness (QED) is 0.698. The molecule has 0 unspecified atom stereocenters. The van der Waals surface area contributed by atoms with Crippen LogP contribution in [0, 0.1) is 41.5 Å². The van der Waals surface area contributed by atoms with Crippen LogP contribution in [0.4, 0.5) is 0 Å². The van der Waals surface area contributed by atoms with Gasteiger partial charge in [-0.1, -0.05) is 12.1 Å². The SMILES string of the molecule is Cc1ccc(C=O)cc1-c1c(C)c(C)c(C)c(C)c1C. The maximum absolute atomic E-state index is 11.1. The first-order chi connectivity index (χ1) is 9.38. The van der Waals surface area contributed by atoms with Gasteiger partial charge in [-0.15, -0.1) is 0 Å². The maximum atomic E-state index is 11.1. The molecule has 0 aromatic heterocycles. The topological polar surface area (TPSA) is 17.1 Å². The Hall–Kier alpha value is -1.89. The first-order valence-corrected chi connectivity index (χ1v) is 7.01. The van der Waals surface area contributed by atoms with Gasteiger partial charge in [0.1, 0.15) is 6.29 Å². The molecule has 20 heavy (non-hydrogen) atoms. The lowest BCUT2D eigenvalue weighted by atomic mass is 9.84. The first-order valence-electron chi connectivity index (χ1n) is 7.01. The van der Waals surface area contributed by atoms with Crippen molar-refractivity contribution in [2.75, 3.05) is 0 Å². The van der Waals surface area contributed by atoms with E-state index in [1.54, 1.807) is 0 Å². The van der Waals surface area contributed by atoms with Gasteiger partial charge < -0.3 is 0 Å². The molecule has 0 saturated carbocycles. The van der Waals surface area contributed by atoms with Gasteiger partial charge in [0.25, 0.3) is 0 Å². The van der Waals surface area contributed by atoms with Crippen molar-refractivity contribution in [1.29, 1.82) is 0 Å². The van der Waals surface area contributed by atoms with Crippen LogP contribution in [0.3, 0.4) is 0 Å². The van der Waals surface area contributed by atoms with E-state index < -0.39 is 0 Å². The van der Waals surface area contributed by atoms with E-state index in [1.807, 2.05) is 18.2 Å². The minimum absolute atomic E-state index is 0.736. The van der Waals surface area contributed by atoms with Crippen LogP contribution in [0.1, 0.15) is 43.7 Å². The third-order valence-corrected chi connectivity index (χ3v) is 4.67. The molecule has 0 aliphatic carbocycles. The maximum Gasteiger partial charge on any atom is 0.150 e. The number of aryl methyl sites for hydroxylation is 1. The second-order valence-electron chi connectivity index (χ2n) is 5.69. The third-order valence-electron chi connectivity index (χ3n) is 4.67. The van der Waals surface area contributed by atoms with Crippen molar-refractivity contribution in [2.24, 2.45) is 0 Å². The van der Waals surface area contributed by atoms with Crippen molar-refractivity contribution in [3.8, 4) is 11.1 Å². The van der Waals surface area contributed by atoms with Crippen LogP contribution in [-0.4, -0.2) is 6.29 Å². The molecule has 0 amide bonds. The zero-order valence-electron chi connectivity index (χ0n) is 13.2. The average Bonchev–Trinajstić information content (AvgIpc) is 2.45. The van der Waals surface area contributed by atoms with Crippen LogP contribution in [0.15, 0.2) is 18.2 Å². The van der Waals surface area contributed by atoms with E-state index in [-0.39, 0.29) is 0 Å². The van der Waals surface area contributed by atoms with E-state index in [4.69, 9.17) is 0 Å². The molecule has 0 radical (unpaired) electrons. The van der Waals surface area contributed by atoms with Crippen LogP contribution >= 0.6 is 0 Å². The summed E-state index contributed by atoms with van der Waals surface area (Å²) in [5, 5.41) is 0. The number of hydrogen-bond donors (Lipinski definition) is 0. The Morgan fingerprint density at radius 3 is 1.75 bits per heavy atom. The molecule has 0 atom stereocenters. The highest BCUT2D eigenvalue weighted by molar-refractivity contribution is 5.83. The van der Waals surface area contributed by atoms with Crippen LogP contribution in [0.25, 0.3) is 11.1 Å². The molecular weight excluding hydrogens is 244 g/mol. The predicted molar refractivity (Wildman–Crippen MR) is 85.7 cm³/mol. The fraction of sp³-hybridized carbons (Fsp3) is 0.316. The highest BCUT2D eigenvalue weighted by Crippen LogP contribution is 2.35. The van der Waals surface area contributed by atoms with E-state index in [1.165, 1.54) is 44.5 Å². The molecule has 0 N–H and O–H groups in total. The second kappa shape index (κ2) is 5.24. The van der Waals surface area contributed by atoms with E-state index in [0.717, 1.165) is 11.8 Å². The van der Waals surface area contributed by atoms with Gasteiger partial charge in [0.05, 0.1) is 0 Å². The molecule has 0 fully saturated rings. The van der Waals surface area contributed by atoms with Gasteiger partial charge in [-0.2, -0.15) is 0 Å². The molecule has 0 saturated heterocycles. The molecular formula is C19H22O. The number of rotatable bonds is 2. The van der Waals surface area contributed by atoms with E-state index in [2.05, 4.69) is 41.5 Å². The highest BCUT2D eigenvalue weighted by Gasteiger charge is 2.15. The summed E-state index contributed by atoms with van der Waals surface area (Å²) < 4.78 is 0. The van der Waals surface area contributed by atoms with Crippen molar-refractivity contribution >= 4 is 6.29 Å². The zero-order valence-corrected chi connectivity index (χ0v) is 13.2.